The molecule has 1 aliphatic heterocycles. The minimum atomic E-state index is -0.150. The lowest BCUT2D eigenvalue weighted by molar-refractivity contribution is 0.0931. The van der Waals surface area contributed by atoms with Gasteiger partial charge in [-0.2, -0.15) is 5.10 Å². The fraction of sp³-hybridized carbons (Fsp3) is 0.472. The largest absolute Gasteiger partial charge is 0.393 e. The smallest absolute Gasteiger partial charge is 0.251 e. The van der Waals surface area contributed by atoms with Crippen LogP contribution >= 0.6 is 0 Å². The predicted octanol–water partition coefficient (Wildman–Crippen LogP) is 6.50. The van der Waals surface area contributed by atoms with E-state index in [0.29, 0.717) is 29.2 Å². The highest BCUT2D eigenvalue weighted by molar-refractivity contribution is 6.01. The van der Waals surface area contributed by atoms with Crippen LogP contribution in [0.1, 0.15) is 73.6 Å². The highest BCUT2D eigenvalue weighted by Crippen LogP contribution is 2.63. The fourth-order valence-corrected chi connectivity index (χ4v) is 8.42. The van der Waals surface area contributed by atoms with Gasteiger partial charge in [0.2, 0.25) is 0 Å². The number of nitrogens with zero attached hydrogens (tertiary/aromatic N) is 2. The summed E-state index contributed by atoms with van der Waals surface area (Å²) < 4.78 is 5.97. The molecule has 6 atom stereocenters. The van der Waals surface area contributed by atoms with E-state index in [0.717, 1.165) is 66.8 Å². The average molecular weight is 579 g/mol. The first kappa shape index (κ1) is 28.2. The summed E-state index contributed by atoms with van der Waals surface area (Å²) in [6, 6.07) is 20.1. The lowest BCUT2D eigenvalue weighted by atomic mass is 9.74. The number of aliphatic hydroxyl groups excluding tert-OH is 1. The van der Waals surface area contributed by atoms with Gasteiger partial charge in [-0.3, -0.25) is 14.9 Å². The third-order valence-electron chi connectivity index (χ3n) is 10.5. The Kier molecular flexibility index (Phi) is 7.56. The number of carbonyl (C=O) groups excluding carboxylic acids is 1. The predicted molar refractivity (Wildman–Crippen MR) is 167 cm³/mol. The van der Waals surface area contributed by atoms with Crippen LogP contribution < -0.4 is 5.32 Å². The maximum Gasteiger partial charge on any atom is 0.251 e. The zero-order valence-corrected chi connectivity index (χ0v) is 25.1. The summed E-state index contributed by atoms with van der Waals surface area (Å²) in [5.74, 6) is 2.20. The van der Waals surface area contributed by atoms with Crippen molar-refractivity contribution in [2.24, 2.45) is 29.1 Å². The molecule has 3 aliphatic rings. The number of hydrogen-bond donors (Lipinski definition) is 3. The van der Waals surface area contributed by atoms with Crippen LogP contribution in [0, 0.1) is 29.1 Å². The molecule has 224 valence electrons. The molecule has 2 aliphatic carbocycles. The topological polar surface area (TPSA) is 100 Å². The molecule has 3 fully saturated rings. The van der Waals surface area contributed by atoms with E-state index in [9.17, 15) is 9.90 Å². The standard InChI is InChI=1S/C36H42N4O3/c1-22(2)15-33(32-5-3-4-14-37-32)38-35(42)26-12-13-31-29(17-26)34(40-39-31)24-9-6-23(7-10-24)8-11-25-16-27-18-28(41)19-36(27)21-43-20-30(25)36/h3-7,9-10,12-14,17,22,25,27-28,30,33,41H,8,11,15-16,18-21H2,1-2H3,(H,38,42)(H,39,40). The second kappa shape index (κ2) is 11.5. The van der Waals surface area contributed by atoms with Crippen molar-refractivity contribution in [2.45, 2.75) is 64.5 Å². The number of fused-ring (bicyclic) bond motifs is 1. The summed E-state index contributed by atoms with van der Waals surface area (Å²) in [7, 11) is 0. The minimum absolute atomic E-state index is 0.110. The van der Waals surface area contributed by atoms with Gasteiger partial charge in [0.15, 0.2) is 0 Å². The van der Waals surface area contributed by atoms with E-state index in [1.807, 2.05) is 36.4 Å². The molecule has 7 heteroatoms. The van der Waals surface area contributed by atoms with Crippen LogP contribution in [0.4, 0.5) is 0 Å². The number of aromatic amines is 1. The molecule has 1 saturated heterocycles. The van der Waals surface area contributed by atoms with Crippen molar-refractivity contribution in [3.05, 3.63) is 83.7 Å². The highest BCUT2D eigenvalue weighted by atomic mass is 16.5. The van der Waals surface area contributed by atoms with Crippen molar-refractivity contribution in [2.75, 3.05) is 13.2 Å². The number of aliphatic hydroxyl groups is 1. The van der Waals surface area contributed by atoms with Gasteiger partial charge in [-0.15, -0.1) is 0 Å². The van der Waals surface area contributed by atoms with E-state index < -0.39 is 0 Å². The van der Waals surface area contributed by atoms with E-state index in [-0.39, 0.29) is 23.5 Å². The number of rotatable bonds is 9. The molecular formula is C36H42N4O3. The number of carbonyl (C=O) groups is 1. The Balaban J connectivity index is 1.04. The molecule has 2 aromatic heterocycles. The molecule has 3 N–H and O–H groups in total. The second-order valence-electron chi connectivity index (χ2n) is 13.6. The van der Waals surface area contributed by atoms with Crippen molar-refractivity contribution in [3.63, 3.8) is 0 Å². The van der Waals surface area contributed by atoms with Crippen molar-refractivity contribution < 1.29 is 14.6 Å². The molecular weight excluding hydrogens is 536 g/mol. The molecule has 7 nitrogen and oxygen atoms in total. The molecule has 4 aromatic rings. The molecule has 0 bridgehead atoms. The summed E-state index contributed by atoms with van der Waals surface area (Å²) in [5.41, 5.74) is 5.85. The van der Waals surface area contributed by atoms with Gasteiger partial charge in [-0.1, -0.05) is 44.2 Å². The van der Waals surface area contributed by atoms with Gasteiger partial charge < -0.3 is 15.2 Å². The summed E-state index contributed by atoms with van der Waals surface area (Å²) in [6.07, 6.45) is 7.78. The fourth-order valence-electron chi connectivity index (χ4n) is 8.42. The second-order valence-corrected chi connectivity index (χ2v) is 13.6. The number of nitrogens with one attached hydrogen (secondary N) is 2. The van der Waals surface area contributed by atoms with Crippen LogP contribution in [0.3, 0.4) is 0 Å². The summed E-state index contributed by atoms with van der Waals surface area (Å²) in [6.45, 7) is 6.01. The zero-order chi connectivity index (χ0) is 29.6. The number of H-pyrrole nitrogens is 1. The quantitative estimate of drug-likeness (QED) is 0.211. The number of amides is 1. The van der Waals surface area contributed by atoms with Crippen molar-refractivity contribution >= 4 is 16.8 Å². The number of pyridine rings is 1. The van der Waals surface area contributed by atoms with E-state index in [4.69, 9.17) is 4.74 Å². The van der Waals surface area contributed by atoms with Crippen LogP contribution in [0.5, 0.6) is 0 Å². The highest BCUT2D eigenvalue weighted by Gasteiger charge is 2.61. The number of benzene rings is 2. The monoisotopic (exact) mass is 578 g/mol. The molecule has 43 heavy (non-hydrogen) atoms. The average Bonchev–Trinajstić information content (AvgIpc) is 3.75. The summed E-state index contributed by atoms with van der Waals surface area (Å²) >= 11 is 0. The van der Waals surface area contributed by atoms with Crippen LogP contribution in [0.25, 0.3) is 22.2 Å². The molecule has 2 saturated carbocycles. The van der Waals surface area contributed by atoms with Crippen molar-refractivity contribution in [1.82, 2.24) is 20.5 Å². The maximum absolute atomic E-state index is 13.4. The lowest BCUT2D eigenvalue weighted by Gasteiger charge is -2.28. The Hall–Kier alpha value is -3.55. The molecule has 1 spiro atoms. The molecule has 6 unspecified atom stereocenters. The Morgan fingerprint density at radius 3 is 2.79 bits per heavy atom. The van der Waals surface area contributed by atoms with Crippen LogP contribution in [-0.2, 0) is 11.2 Å². The lowest BCUT2D eigenvalue weighted by Crippen LogP contribution is -2.30. The van der Waals surface area contributed by atoms with Crippen molar-refractivity contribution in [3.8, 4) is 11.3 Å². The van der Waals surface area contributed by atoms with Crippen molar-refractivity contribution in [1.29, 1.82) is 0 Å². The van der Waals surface area contributed by atoms with Gasteiger partial charge in [-0.05, 0) is 98.1 Å². The Morgan fingerprint density at radius 1 is 1.14 bits per heavy atom. The normalized spacial score (nSPS) is 27.0. The van der Waals surface area contributed by atoms with Gasteiger partial charge in [0.25, 0.3) is 5.91 Å². The first-order chi connectivity index (χ1) is 20.9. The molecule has 1 amide bonds. The first-order valence-corrected chi connectivity index (χ1v) is 15.9. The Morgan fingerprint density at radius 2 is 2.00 bits per heavy atom. The molecule has 7 rings (SSSR count). The summed E-state index contributed by atoms with van der Waals surface area (Å²) in [4.78, 5) is 17.9. The number of hydrogen-bond acceptors (Lipinski definition) is 5. The minimum Gasteiger partial charge on any atom is -0.393 e. The zero-order valence-electron chi connectivity index (χ0n) is 25.1. The van der Waals surface area contributed by atoms with Gasteiger partial charge in [0.05, 0.1) is 42.3 Å². The number of aromatic nitrogens is 3. The third kappa shape index (κ3) is 5.38. The third-order valence-corrected chi connectivity index (χ3v) is 10.5. The number of ether oxygens (including phenoxy) is 1. The molecule has 2 aromatic carbocycles. The summed E-state index contributed by atoms with van der Waals surface area (Å²) in [5, 5.41) is 22.2. The van der Waals surface area contributed by atoms with Gasteiger partial charge in [-0.25, -0.2) is 0 Å². The van der Waals surface area contributed by atoms with E-state index in [1.54, 1.807) is 6.20 Å². The van der Waals surface area contributed by atoms with Crippen LogP contribution in [0.2, 0.25) is 0 Å². The van der Waals surface area contributed by atoms with Gasteiger partial charge in [0.1, 0.15) is 0 Å². The van der Waals surface area contributed by atoms with Crippen LogP contribution in [0.15, 0.2) is 66.9 Å². The maximum atomic E-state index is 13.4. The SMILES string of the molecule is CC(C)CC(NC(=O)c1ccc2[nH]nc(-c3ccc(CCC4CC5CC(O)CC56COCC46)cc3)c2c1)c1ccccn1. The van der Waals surface area contributed by atoms with Crippen LogP contribution in [-0.4, -0.2) is 45.5 Å². The van der Waals surface area contributed by atoms with E-state index in [2.05, 4.69) is 58.6 Å². The first-order valence-electron chi connectivity index (χ1n) is 15.9. The Bertz CT molecular complexity index is 1580. The Labute approximate surface area is 253 Å². The number of aryl methyl sites for hydroxylation is 1. The molecule has 3 heterocycles. The molecule has 0 radical (unpaired) electrons. The van der Waals surface area contributed by atoms with Gasteiger partial charge >= 0.3 is 0 Å². The van der Waals surface area contributed by atoms with E-state index in [1.165, 1.54) is 18.4 Å². The van der Waals surface area contributed by atoms with Gasteiger partial charge in [0, 0.05) is 28.1 Å². The van der Waals surface area contributed by atoms with E-state index >= 15 is 0 Å².